The molecule has 5 heteroatoms. The fraction of sp³-hybridized carbons (Fsp3) is 0.169. The van der Waals surface area contributed by atoms with Crippen molar-refractivity contribution in [2.24, 2.45) is 17.8 Å². The SMILES string of the molecule is c1ccc(-n2c3ccccc3c3cc(-c4nc(-c5ccc6ccccc6c5)nc(-c5cc(-c6ccc(C78CC9CC(CC(C9)C7)C8)cc6)cc6c5oc5ccccc56)n4)ccc32)cc1. The number of aromatic nitrogens is 4. The van der Waals surface area contributed by atoms with Crippen molar-refractivity contribution in [3.63, 3.8) is 0 Å². The monoisotopic (exact) mass is 824 g/mol. The van der Waals surface area contributed by atoms with Crippen LogP contribution in [-0.4, -0.2) is 19.5 Å². The van der Waals surface area contributed by atoms with Gasteiger partial charge in [-0.15, -0.1) is 0 Å². The van der Waals surface area contributed by atoms with E-state index < -0.39 is 0 Å². The number of nitrogens with zero attached hydrogens (tertiary/aromatic N) is 4. The molecule has 15 rings (SSSR count). The highest BCUT2D eigenvalue weighted by molar-refractivity contribution is 6.12. The molecule has 0 amide bonds. The minimum Gasteiger partial charge on any atom is -0.455 e. The molecular weight excluding hydrogens is 781 g/mol. The number of fused-ring (bicyclic) bond motifs is 7. The predicted octanol–water partition coefficient (Wildman–Crippen LogP) is 15.2. The van der Waals surface area contributed by atoms with Gasteiger partial charge in [-0.1, -0.05) is 115 Å². The zero-order chi connectivity index (χ0) is 41.9. The molecule has 0 unspecified atom stereocenters. The van der Waals surface area contributed by atoms with Crippen molar-refractivity contribution in [3.05, 3.63) is 181 Å². The third-order valence-corrected chi connectivity index (χ3v) is 15.2. The Balaban J connectivity index is 0.966. The van der Waals surface area contributed by atoms with Gasteiger partial charge < -0.3 is 8.98 Å². The largest absolute Gasteiger partial charge is 0.455 e. The molecule has 0 atom stereocenters. The van der Waals surface area contributed by atoms with Crippen molar-refractivity contribution in [1.82, 2.24) is 19.5 Å². The maximum absolute atomic E-state index is 6.78. The Morgan fingerprint density at radius 2 is 1.03 bits per heavy atom. The molecule has 0 N–H and O–H groups in total. The molecule has 0 saturated heterocycles. The molecule has 11 aromatic rings. The van der Waals surface area contributed by atoms with Gasteiger partial charge in [0.25, 0.3) is 0 Å². The van der Waals surface area contributed by atoms with Crippen LogP contribution in [0.2, 0.25) is 0 Å². The molecule has 3 heterocycles. The minimum absolute atomic E-state index is 0.350. The summed E-state index contributed by atoms with van der Waals surface area (Å²) in [7, 11) is 0. The molecule has 0 spiro atoms. The Morgan fingerprint density at radius 1 is 0.438 bits per heavy atom. The summed E-state index contributed by atoms with van der Waals surface area (Å²) < 4.78 is 9.12. The lowest BCUT2D eigenvalue weighted by Crippen LogP contribution is -2.48. The third-order valence-electron chi connectivity index (χ3n) is 15.2. The van der Waals surface area contributed by atoms with Gasteiger partial charge in [0.1, 0.15) is 11.2 Å². The summed E-state index contributed by atoms with van der Waals surface area (Å²) >= 11 is 0. The van der Waals surface area contributed by atoms with Crippen LogP contribution in [0.5, 0.6) is 0 Å². The first-order valence-electron chi connectivity index (χ1n) is 23.0. The normalized spacial score (nSPS) is 20.3. The lowest BCUT2D eigenvalue weighted by atomic mass is 9.48. The third kappa shape index (κ3) is 5.66. The van der Waals surface area contributed by atoms with E-state index in [9.17, 15) is 0 Å². The number of furan rings is 1. The van der Waals surface area contributed by atoms with Gasteiger partial charge in [-0.2, -0.15) is 0 Å². The summed E-state index contributed by atoms with van der Waals surface area (Å²) in [6, 6.07) is 63.3. The summed E-state index contributed by atoms with van der Waals surface area (Å²) in [5, 5.41) is 6.76. The second kappa shape index (κ2) is 13.8. The summed E-state index contributed by atoms with van der Waals surface area (Å²) in [5.41, 5.74) is 11.9. The first-order valence-corrected chi connectivity index (χ1v) is 23.0. The number of hydrogen-bond donors (Lipinski definition) is 0. The van der Waals surface area contributed by atoms with E-state index in [1.54, 1.807) is 0 Å². The van der Waals surface area contributed by atoms with Crippen LogP contribution in [0, 0.1) is 17.8 Å². The van der Waals surface area contributed by atoms with E-state index in [1.807, 2.05) is 6.07 Å². The topological polar surface area (TPSA) is 56.7 Å². The second-order valence-corrected chi connectivity index (χ2v) is 19.1. The van der Waals surface area contributed by atoms with Crippen LogP contribution in [0.4, 0.5) is 0 Å². The second-order valence-electron chi connectivity index (χ2n) is 19.1. The number of benzene rings is 8. The maximum Gasteiger partial charge on any atom is 0.167 e. The molecule has 4 aliphatic carbocycles. The molecule has 0 radical (unpaired) electrons. The molecule has 4 aliphatic rings. The number of para-hydroxylation sites is 3. The highest BCUT2D eigenvalue weighted by Crippen LogP contribution is 2.61. The van der Waals surface area contributed by atoms with Gasteiger partial charge in [0.15, 0.2) is 17.5 Å². The number of rotatable bonds is 6. The minimum atomic E-state index is 0.350. The first kappa shape index (κ1) is 36.1. The van der Waals surface area contributed by atoms with Crippen molar-refractivity contribution in [3.8, 4) is 51.0 Å². The van der Waals surface area contributed by atoms with Crippen molar-refractivity contribution in [1.29, 1.82) is 0 Å². The van der Waals surface area contributed by atoms with Crippen LogP contribution in [0.25, 0.3) is 105 Å². The van der Waals surface area contributed by atoms with Gasteiger partial charge in [0.2, 0.25) is 0 Å². The molecule has 4 saturated carbocycles. The van der Waals surface area contributed by atoms with Crippen LogP contribution in [-0.2, 0) is 5.41 Å². The van der Waals surface area contributed by atoms with Gasteiger partial charge in [-0.3, -0.25) is 0 Å². The summed E-state index contributed by atoms with van der Waals surface area (Å²) in [5.74, 6) is 4.54. The summed E-state index contributed by atoms with van der Waals surface area (Å²) in [4.78, 5) is 16.0. The zero-order valence-corrected chi connectivity index (χ0v) is 35.4. The van der Waals surface area contributed by atoms with E-state index in [1.165, 1.54) is 60.4 Å². The van der Waals surface area contributed by atoms with Crippen LogP contribution in [0.15, 0.2) is 180 Å². The van der Waals surface area contributed by atoms with Crippen LogP contribution >= 0.6 is 0 Å². The summed E-state index contributed by atoms with van der Waals surface area (Å²) in [6.07, 6.45) is 8.44. The predicted molar refractivity (Wildman–Crippen MR) is 261 cm³/mol. The smallest absolute Gasteiger partial charge is 0.167 e. The van der Waals surface area contributed by atoms with Crippen molar-refractivity contribution >= 4 is 54.5 Å². The molecule has 0 aliphatic heterocycles. The Hall–Kier alpha value is -7.37. The van der Waals surface area contributed by atoms with Gasteiger partial charge in [0, 0.05) is 38.4 Å². The Bertz CT molecular complexity index is 3620. The fourth-order valence-corrected chi connectivity index (χ4v) is 12.7. The van der Waals surface area contributed by atoms with E-state index in [0.717, 1.165) is 89.4 Å². The van der Waals surface area contributed by atoms with E-state index in [-0.39, 0.29) is 0 Å². The molecule has 4 fully saturated rings. The highest BCUT2D eigenvalue weighted by atomic mass is 16.3. The Morgan fingerprint density at radius 3 is 1.81 bits per heavy atom. The van der Waals surface area contributed by atoms with Crippen molar-refractivity contribution in [2.45, 2.75) is 43.9 Å². The average Bonchev–Trinajstić information content (AvgIpc) is 3.89. The van der Waals surface area contributed by atoms with Crippen LogP contribution in [0.1, 0.15) is 44.1 Å². The van der Waals surface area contributed by atoms with E-state index in [0.29, 0.717) is 22.9 Å². The van der Waals surface area contributed by atoms with E-state index in [4.69, 9.17) is 19.4 Å². The van der Waals surface area contributed by atoms with E-state index in [2.05, 4.69) is 174 Å². The lowest BCUT2D eigenvalue weighted by Gasteiger charge is -2.57. The van der Waals surface area contributed by atoms with Crippen molar-refractivity contribution in [2.75, 3.05) is 0 Å². The van der Waals surface area contributed by atoms with Crippen molar-refractivity contribution < 1.29 is 4.42 Å². The molecule has 306 valence electrons. The molecule has 5 nitrogen and oxygen atoms in total. The molecule has 8 aromatic carbocycles. The quantitative estimate of drug-likeness (QED) is 0.168. The van der Waals surface area contributed by atoms with E-state index >= 15 is 0 Å². The molecule has 4 bridgehead atoms. The first-order chi connectivity index (χ1) is 31.6. The number of hydrogen-bond acceptors (Lipinski definition) is 4. The molecular formula is C59H44N4O. The fourth-order valence-electron chi connectivity index (χ4n) is 12.7. The molecule has 64 heavy (non-hydrogen) atoms. The molecule has 3 aromatic heterocycles. The van der Waals surface area contributed by atoms with Crippen LogP contribution < -0.4 is 0 Å². The highest BCUT2D eigenvalue weighted by Gasteiger charge is 2.51. The Kier molecular flexibility index (Phi) is 7.80. The van der Waals surface area contributed by atoms with Gasteiger partial charge >= 0.3 is 0 Å². The maximum atomic E-state index is 6.78. The lowest BCUT2D eigenvalue weighted by molar-refractivity contribution is -0.00518. The van der Waals surface area contributed by atoms with Gasteiger partial charge in [0.05, 0.1) is 16.6 Å². The van der Waals surface area contributed by atoms with Gasteiger partial charge in [-0.25, -0.2) is 15.0 Å². The summed E-state index contributed by atoms with van der Waals surface area (Å²) in [6.45, 7) is 0. The zero-order valence-electron chi connectivity index (χ0n) is 35.4. The Labute approximate surface area is 371 Å². The van der Waals surface area contributed by atoms with Crippen LogP contribution in [0.3, 0.4) is 0 Å². The van der Waals surface area contributed by atoms with Gasteiger partial charge in [-0.05, 0) is 150 Å². The standard InChI is InChI=1S/C59H44N4O/c1-2-12-46(13-3-1)63-52-16-8-6-14-47(52)49-30-43(22-25-53(49)63)57-60-56(42-19-18-39-10-4-5-11-41(39)29-42)61-58(62-57)51-32-44(31-50-48-15-7-9-17-54(48)64-55(50)51)40-20-23-45(24-21-40)59-33-36-26-37(34-59)28-38(27-36)35-59/h1-25,29-32,36-38H,26-28,33-35H2. The average molecular weight is 825 g/mol.